The molecule has 2 amide bonds. The second-order valence-corrected chi connectivity index (χ2v) is 7.52. The van der Waals surface area contributed by atoms with Gasteiger partial charge in [0, 0.05) is 12.8 Å². The number of piperazine rings is 1. The SMILES string of the molecule is O=C1N2[C@H]3C(=COC=C[C@@H]3O)C[C@@]2(O)C(=O)N2[C@H]3C(=COC=C[C@@H]3O)C[C@@]12O. The van der Waals surface area contributed by atoms with E-state index < -0.39 is 47.6 Å². The van der Waals surface area contributed by atoms with Crippen molar-refractivity contribution in [2.75, 3.05) is 0 Å². The van der Waals surface area contributed by atoms with Gasteiger partial charge in [-0.05, 0) is 23.3 Å². The van der Waals surface area contributed by atoms with Gasteiger partial charge < -0.3 is 29.9 Å². The molecule has 0 aromatic heterocycles. The molecule has 10 heteroatoms. The quantitative estimate of drug-likeness (QED) is 0.378. The van der Waals surface area contributed by atoms with Gasteiger partial charge >= 0.3 is 0 Å². The van der Waals surface area contributed by atoms with Crippen molar-refractivity contribution in [3.05, 3.63) is 48.3 Å². The van der Waals surface area contributed by atoms with E-state index in [4.69, 9.17) is 9.47 Å². The number of carbonyl (C=O) groups excluding carboxylic acids is 2. The van der Waals surface area contributed by atoms with Crippen LogP contribution in [0, 0.1) is 0 Å². The summed E-state index contributed by atoms with van der Waals surface area (Å²) >= 11 is 0. The predicted octanol–water partition coefficient (Wildman–Crippen LogP) is -1.84. The maximum Gasteiger partial charge on any atom is 0.279 e. The number of fused-ring (bicyclic) bond motifs is 6. The van der Waals surface area contributed by atoms with Crippen LogP contribution < -0.4 is 0 Å². The standard InChI is InChI=1S/C18H18N2O8/c21-11-1-3-27-7-9-5-17(25)16(24)20-14-10(8-28-4-2-12(14)22)6-18(20,26)15(23)19(17)13(9)11/h1-4,7-8,11-14,21-22,25-26H,5-6H2/t11-,12-,13-,14-,17+,18+/m0/s1. The van der Waals surface area contributed by atoms with Crippen molar-refractivity contribution in [3.63, 3.8) is 0 Å². The fourth-order valence-electron chi connectivity index (χ4n) is 4.75. The van der Waals surface area contributed by atoms with Gasteiger partial charge in [-0.3, -0.25) is 19.4 Å². The Balaban J connectivity index is 1.65. The molecule has 148 valence electrons. The molecule has 0 saturated carbocycles. The van der Waals surface area contributed by atoms with Crippen LogP contribution in [0.4, 0.5) is 0 Å². The van der Waals surface area contributed by atoms with Gasteiger partial charge in [0.25, 0.3) is 11.8 Å². The molecule has 10 nitrogen and oxygen atoms in total. The Bertz CT molecular complexity index is 822. The van der Waals surface area contributed by atoms with Crippen LogP contribution in [0.25, 0.3) is 0 Å². The molecule has 0 spiro atoms. The van der Waals surface area contributed by atoms with Crippen LogP contribution >= 0.6 is 0 Å². The van der Waals surface area contributed by atoms with E-state index in [0.29, 0.717) is 11.1 Å². The smallest absolute Gasteiger partial charge is 0.279 e. The largest absolute Gasteiger partial charge is 0.473 e. The zero-order valence-electron chi connectivity index (χ0n) is 14.5. The Morgan fingerprint density at radius 3 is 1.61 bits per heavy atom. The first-order valence-electron chi connectivity index (χ1n) is 8.79. The molecule has 0 radical (unpaired) electrons. The van der Waals surface area contributed by atoms with E-state index in [1.807, 2.05) is 0 Å². The third-order valence-electron chi connectivity index (χ3n) is 5.93. The lowest BCUT2D eigenvalue weighted by Gasteiger charge is -2.50. The number of rotatable bonds is 0. The lowest BCUT2D eigenvalue weighted by atomic mass is 9.98. The summed E-state index contributed by atoms with van der Waals surface area (Å²) in [5, 5.41) is 43.3. The van der Waals surface area contributed by atoms with Crippen LogP contribution in [0.2, 0.25) is 0 Å². The number of ether oxygens (including phenoxy) is 2. The molecule has 0 unspecified atom stereocenters. The number of carbonyl (C=O) groups is 2. The van der Waals surface area contributed by atoms with Crippen LogP contribution in [0.5, 0.6) is 0 Å². The van der Waals surface area contributed by atoms with E-state index in [9.17, 15) is 30.0 Å². The van der Waals surface area contributed by atoms with Crippen LogP contribution in [0.15, 0.2) is 48.3 Å². The second kappa shape index (κ2) is 5.45. The van der Waals surface area contributed by atoms with Gasteiger partial charge in [0.15, 0.2) is 0 Å². The fraction of sp³-hybridized carbons (Fsp3) is 0.444. The Hall–Kier alpha value is -2.66. The highest BCUT2D eigenvalue weighted by Gasteiger charge is 2.72. The molecule has 4 N–H and O–H groups in total. The molecular formula is C18H18N2O8. The van der Waals surface area contributed by atoms with Crippen molar-refractivity contribution in [1.29, 1.82) is 0 Å². The molecule has 0 aromatic rings. The Morgan fingerprint density at radius 1 is 0.821 bits per heavy atom. The summed E-state index contributed by atoms with van der Waals surface area (Å²) in [6, 6.07) is -2.13. The molecule has 0 bridgehead atoms. The zero-order valence-corrected chi connectivity index (χ0v) is 14.5. The minimum atomic E-state index is -2.32. The second-order valence-electron chi connectivity index (χ2n) is 7.52. The molecule has 28 heavy (non-hydrogen) atoms. The fourth-order valence-corrected chi connectivity index (χ4v) is 4.75. The van der Waals surface area contributed by atoms with Gasteiger partial charge in [-0.15, -0.1) is 0 Å². The third-order valence-corrected chi connectivity index (χ3v) is 5.93. The summed E-state index contributed by atoms with van der Waals surface area (Å²) in [4.78, 5) is 28.4. The predicted molar refractivity (Wildman–Crippen MR) is 89.0 cm³/mol. The van der Waals surface area contributed by atoms with Crippen molar-refractivity contribution >= 4 is 11.8 Å². The summed E-state index contributed by atoms with van der Waals surface area (Å²) in [7, 11) is 0. The van der Waals surface area contributed by atoms with E-state index in [1.165, 1.54) is 37.2 Å². The normalized spacial score (nSPS) is 43.7. The van der Waals surface area contributed by atoms with Crippen LogP contribution in [-0.4, -0.2) is 77.8 Å². The molecule has 0 aliphatic carbocycles. The summed E-state index contributed by atoms with van der Waals surface area (Å²) in [5.74, 6) is -1.88. The van der Waals surface area contributed by atoms with Crippen molar-refractivity contribution in [2.45, 2.75) is 48.6 Å². The van der Waals surface area contributed by atoms with Crippen LogP contribution in [0.3, 0.4) is 0 Å². The highest BCUT2D eigenvalue weighted by atomic mass is 16.5. The van der Waals surface area contributed by atoms with Crippen molar-refractivity contribution < 1.29 is 39.5 Å². The number of aliphatic hydroxyl groups excluding tert-OH is 2. The molecule has 5 heterocycles. The molecule has 6 atom stereocenters. The van der Waals surface area contributed by atoms with Gasteiger partial charge in [-0.25, -0.2) is 0 Å². The van der Waals surface area contributed by atoms with E-state index in [0.717, 1.165) is 9.80 Å². The number of nitrogens with zero attached hydrogens (tertiary/aromatic N) is 2. The van der Waals surface area contributed by atoms with Crippen LogP contribution in [-0.2, 0) is 19.1 Å². The average Bonchev–Trinajstić information content (AvgIpc) is 2.98. The van der Waals surface area contributed by atoms with Gasteiger partial charge in [0.2, 0.25) is 11.4 Å². The highest BCUT2D eigenvalue weighted by Crippen LogP contribution is 2.51. The van der Waals surface area contributed by atoms with Gasteiger partial charge in [-0.2, -0.15) is 0 Å². The van der Waals surface area contributed by atoms with Crippen molar-refractivity contribution in [1.82, 2.24) is 9.80 Å². The monoisotopic (exact) mass is 390 g/mol. The molecular weight excluding hydrogens is 372 g/mol. The van der Waals surface area contributed by atoms with E-state index >= 15 is 0 Å². The first kappa shape index (κ1) is 17.4. The minimum absolute atomic E-state index is 0.290. The van der Waals surface area contributed by atoms with Crippen molar-refractivity contribution in [3.8, 4) is 0 Å². The molecule has 3 saturated heterocycles. The van der Waals surface area contributed by atoms with E-state index in [-0.39, 0.29) is 12.8 Å². The van der Waals surface area contributed by atoms with E-state index in [2.05, 4.69) is 0 Å². The summed E-state index contributed by atoms with van der Waals surface area (Å²) < 4.78 is 10.3. The molecule has 5 aliphatic rings. The van der Waals surface area contributed by atoms with E-state index in [1.54, 1.807) is 0 Å². The number of amides is 2. The average molecular weight is 390 g/mol. The summed E-state index contributed by atoms with van der Waals surface area (Å²) in [5.41, 5.74) is -3.96. The highest BCUT2D eigenvalue weighted by molar-refractivity contribution is 6.03. The topological polar surface area (TPSA) is 140 Å². The number of hydrogen-bond acceptors (Lipinski definition) is 8. The molecule has 5 rings (SSSR count). The number of hydrogen-bond donors (Lipinski definition) is 4. The summed E-state index contributed by atoms with van der Waals surface area (Å²) in [6.45, 7) is 0. The lowest BCUT2D eigenvalue weighted by molar-refractivity contribution is -0.231. The third kappa shape index (κ3) is 1.95. The molecule has 0 aromatic carbocycles. The van der Waals surface area contributed by atoms with Gasteiger partial charge in [0.05, 0.1) is 49.3 Å². The number of aliphatic hydroxyl groups is 4. The lowest BCUT2D eigenvalue weighted by Crippen LogP contribution is -2.76. The maximum atomic E-state index is 13.4. The Labute approximate surface area is 158 Å². The Morgan fingerprint density at radius 2 is 1.21 bits per heavy atom. The molecule has 3 fully saturated rings. The minimum Gasteiger partial charge on any atom is -0.473 e. The first-order valence-corrected chi connectivity index (χ1v) is 8.79. The Kier molecular flexibility index (Phi) is 3.39. The maximum absolute atomic E-state index is 13.4. The molecule has 5 aliphatic heterocycles. The van der Waals surface area contributed by atoms with Gasteiger partial charge in [-0.1, -0.05) is 0 Å². The van der Waals surface area contributed by atoms with Crippen LogP contribution in [0.1, 0.15) is 12.8 Å². The first-order chi connectivity index (χ1) is 13.3. The zero-order chi connectivity index (χ0) is 19.8. The van der Waals surface area contributed by atoms with Crippen molar-refractivity contribution in [2.24, 2.45) is 0 Å². The summed E-state index contributed by atoms with van der Waals surface area (Å²) in [6.07, 6.45) is 4.54. The van der Waals surface area contributed by atoms with Gasteiger partial charge in [0.1, 0.15) is 0 Å².